The lowest BCUT2D eigenvalue weighted by Crippen LogP contribution is -2.25. The summed E-state index contributed by atoms with van der Waals surface area (Å²) in [4.78, 5) is 13.0. The number of hydrazone groups is 1. The second-order valence-electron chi connectivity index (χ2n) is 7.72. The van der Waals surface area contributed by atoms with Gasteiger partial charge in [0.2, 0.25) is 5.82 Å². The maximum Gasteiger partial charge on any atom is 0.280 e. The molecule has 1 heterocycles. The highest BCUT2D eigenvalue weighted by molar-refractivity contribution is 6.32. The van der Waals surface area contributed by atoms with Gasteiger partial charge in [-0.25, -0.2) is 22.0 Å². The quantitative estimate of drug-likeness (QED) is 0.185. The van der Waals surface area contributed by atoms with Gasteiger partial charge in [0.05, 0.1) is 30.0 Å². The van der Waals surface area contributed by atoms with E-state index in [0.717, 1.165) is 0 Å². The normalized spacial score (nSPS) is 14.1. The van der Waals surface area contributed by atoms with Crippen molar-refractivity contribution in [2.45, 2.75) is 13.5 Å². The predicted octanol–water partition coefficient (Wildman–Crippen LogP) is 5.65. The number of benzene rings is 3. The van der Waals surface area contributed by atoms with E-state index in [1.165, 1.54) is 20.1 Å². The number of nitriles is 1. The number of carbonyl (C=O) groups excluding carboxylic acids is 1. The van der Waals surface area contributed by atoms with Gasteiger partial charge in [0.1, 0.15) is 12.3 Å². The van der Waals surface area contributed by atoms with Crippen LogP contribution in [0.3, 0.4) is 0 Å². The van der Waals surface area contributed by atoms with Crippen molar-refractivity contribution in [2.24, 2.45) is 5.10 Å². The minimum Gasteiger partial charge on any atom is -0.493 e. The van der Waals surface area contributed by atoms with Crippen molar-refractivity contribution in [1.82, 2.24) is 0 Å². The maximum absolute atomic E-state index is 14.3. The molecule has 0 N–H and O–H groups in total. The summed E-state index contributed by atoms with van der Waals surface area (Å²) in [7, 11) is 1.39. The molecule has 0 atom stereocenters. The number of nitrogens with zero attached hydrogens (tertiary/aromatic N) is 3. The van der Waals surface area contributed by atoms with E-state index >= 15 is 0 Å². The Bertz CT molecular complexity index is 1500. The summed E-state index contributed by atoms with van der Waals surface area (Å²) in [5, 5.41) is 13.2. The summed E-state index contributed by atoms with van der Waals surface area (Å²) in [6.45, 7) is 1.30. The molecule has 0 radical (unpaired) electrons. The van der Waals surface area contributed by atoms with Crippen molar-refractivity contribution < 1.29 is 36.2 Å². The minimum atomic E-state index is -2.35. The Kier molecular flexibility index (Phi) is 6.93. The number of hydrogen-bond donors (Lipinski definition) is 0. The Labute approximate surface area is 207 Å². The van der Waals surface area contributed by atoms with E-state index in [1.807, 2.05) is 0 Å². The Balaban J connectivity index is 1.74. The smallest absolute Gasteiger partial charge is 0.280 e. The molecule has 0 saturated heterocycles. The van der Waals surface area contributed by atoms with Gasteiger partial charge in [0.25, 0.3) is 5.91 Å². The highest BCUT2D eigenvalue weighted by Crippen LogP contribution is 2.37. The Hall–Kier alpha value is -4.72. The molecule has 0 aromatic heterocycles. The molecule has 37 heavy (non-hydrogen) atoms. The molecule has 0 spiro atoms. The first kappa shape index (κ1) is 25.4. The van der Waals surface area contributed by atoms with E-state index in [1.54, 1.807) is 42.5 Å². The van der Waals surface area contributed by atoms with Crippen molar-refractivity contribution in [3.63, 3.8) is 0 Å². The highest BCUT2D eigenvalue weighted by atomic mass is 19.2. The van der Waals surface area contributed by atoms with E-state index in [2.05, 4.69) is 11.2 Å². The van der Waals surface area contributed by atoms with Crippen molar-refractivity contribution in [2.75, 3.05) is 12.1 Å². The van der Waals surface area contributed by atoms with Crippen LogP contribution in [0.25, 0.3) is 6.08 Å². The molecule has 4 rings (SSSR count). The summed E-state index contributed by atoms with van der Waals surface area (Å²) in [5.41, 5.74) is -0.436. The van der Waals surface area contributed by atoms with Gasteiger partial charge in [-0.05, 0) is 25.1 Å². The number of para-hydroxylation sites is 1. The van der Waals surface area contributed by atoms with Crippen LogP contribution >= 0.6 is 0 Å². The predicted molar refractivity (Wildman–Crippen MR) is 123 cm³/mol. The minimum absolute atomic E-state index is 0.0298. The van der Waals surface area contributed by atoms with Crippen LogP contribution in [0.2, 0.25) is 0 Å². The van der Waals surface area contributed by atoms with E-state index in [0.29, 0.717) is 16.7 Å². The van der Waals surface area contributed by atoms with Crippen molar-refractivity contribution >= 4 is 23.4 Å². The maximum atomic E-state index is 14.3. The summed E-state index contributed by atoms with van der Waals surface area (Å²) in [6.07, 6.45) is 1.29. The average molecular weight is 513 g/mol. The summed E-state index contributed by atoms with van der Waals surface area (Å²) in [5.74, 6) is -11.8. The zero-order valence-corrected chi connectivity index (χ0v) is 19.3. The molecule has 0 aliphatic carbocycles. The third-order valence-electron chi connectivity index (χ3n) is 5.50. The van der Waals surface area contributed by atoms with E-state index < -0.39 is 40.7 Å². The Morgan fingerprint density at radius 3 is 2.27 bits per heavy atom. The molecular formula is C26H16F5N3O3. The van der Waals surface area contributed by atoms with Gasteiger partial charge < -0.3 is 9.47 Å². The molecule has 0 fully saturated rings. The second kappa shape index (κ2) is 10.1. The van der Waals surface area contributed by atoms with Crippen LogP contribution in [0.5, 0.6) is 11.5 Å². The lowest BCUT2D eigenvalue weighted by atomic mass is 10.1. The summed E-state index contributed by atoms with van der Waals surface area (Å²) in [6, 6.07) is 13.5. The lowest BCUT2D eigenvalue weighted by molar-refractivity contribution is -0.114. The zero-order chi connectivity index (χ0) is 26.9. The summed E-state index contributed by atoms with van der Waals surface area (Å²) >= 11 is 0. The number of rotatable bonds is 6. The molecule has 6 nitrogen and oxygen atoms in total. The molecule has 188 valence electrons. The molecule has 0 unspecified atom stereocenters. The largest absolute Gasteiger partial charge is 0.493 e. The van der Waals surface area contributed by atoms with Gasteiger partial charge in [-0.15, -0.1) is 0 Å². The first-order valence-corrected chi connectivity index (χ1v) is 10.6. The monoisotopic (exact) mass is 513 g/mol. The van der Waals surface area contributed by atoms with Crippen molar-refractivity contribution in [3.05, 3.63) is 93.8 Å². The van der Waals surface area contributed by atoms with Crippen LogP contribution in [-0.4, -0.2) is 18.7 Å². The first-order chi connectivity index (χ1) is 17.7. The van der Waals surface area contributed by atoms with Crippen molar-refractivity contribution in [1.29, 1.82) is 5.26 Å². The van der Waals surface area contributed by atoms with Gasteiger partial charge in [0, 0.05) is 11.1 Å². The number of hydrogen-bond acceptors (Lipinski definition) is 5. The average Bonchev–Trinajstić information content (AvgIpc) is 3.18. The molecule has 1 aliphatic heterocycles. The van der Waals surface area contributed by atoms with Crippen LogP contribution in [0.4, 0.5) is 27.6 Å². The lowest BCUT2D eigenvalue weighted by Gasteiger charge is -2.16. The number of amides is 1. The number of anilines is 1. The van der Waals surface area contributed by atoms with Gasteiger partial charge in [-0.1, -0.05) is 30.3 Å². The van der Waals surface area contributed by atoms with Crippen LogP contribution in [0.15, 0.2) is 53.1 Å². The molecule has 1 amide bonds. The van der Waals surface area contributed by atoms with Crippen LogP contribution < -0.4 is 14.5 Å². The third-order valence-corrected chi connectivity index (χ3v) is 5.50. The molecule has 11 heteroatoms. The Morgan fingerprint density at radius 2 is 1.62 bits per heavy atom. The molecular weight excluding hydrogens is 497 g/mol. The van der Waals surface area contributed by atoms with Crippen LogP contribution in [0, 0.1) is 40.4 Å². The van der Waals surface area contributed by atoms with Crippen molar-refractivity contribution in [3.8, 4) is 17.6 Å². The second-order valence-corrected chi connectivity index (χ2v) is 7.72. The van der Waals surface area contributed by atoms with E-state index in [9.17, 15) is 32.0 Å². The topological polar surface area (TPSA) is 74.9 Å². The van der Waals surface area contributed by atoms with Crippen LogP contribution in [0.1, 0.15) is 23.6 Å². The molecule has 0 saturated carbocycles. The van der Waals surface area contributed by atoms with Gasteiger partial charge in [0.15, 0.2) is 34.8 Å². The van der Waals surface area contributed by atoms with E-state index in [4.69, 9.17) is 9.47 Å². The standard InChI is InChI=1S/C26H16F5N3O3/c1-13-17(26(35)34(33-13)24-22(30)20(28)19(27)21(29)23(24)31)10-14-8-5-9-18(36-2)25(14)37-12-16-7-4-3-6-15(16)11-32/h3-10H,12H2,1-2H3/b17-10-. The molecule has 1 aliphatic rings. The van der Waals surface area contributed by atoms with E-state index in [-0.39, 0.29) is 34.4 Å². The fourth-order valence-electron chi connectivity index (χ4n) is 3.64. The number of ether oxygens (including phenoxy) is 2. The Morgan fingerprint density at radius 1 is 0.973 bits per heavy atom. The fourth-order valence-corrected chi connectivity index (χ4v) is 3.64. The van der Waals surface area contributed by atoms with Gasteiger partial charge in [-0.3, -0.25) is 4.79 Å². The SMILES string of the molecule is COc1cccc(/C=C2\C(=O)N(c3c(F)c(F)c(F)c(F)c3F)N=C2C)c1OCc1ccccc1C#N. The molecule has 3 aromatic carbocycles. The zero-order valence-electron chi connectivity index (χ0n) is 19.3. The number of methoxy groups -OCH3 is 1. The highest BCUT2D eigenvalue weighted by Gasteiger charge is 2.37. The molecule has 3 aromatic rings. The number of carbonyl (C=O) groups is 1. The fraction of sp³-hybridized carbons (Fsp3) is 0.115. The summed E-state index contributed by atoms with van der Waals surface area (Å²) < 4.78 is 80.8. The first-order valence-electron chi connectivity index (χ1n) is 10.6. The molecule has 0 bridgehead atoms. The third kappa shape index (κ3) is 4.49. The number of halogens is 5. The van der Waals surface area contributed by atoms with Crippen LogP contribution in [-0.2, 0) is 11.4 Å². The van der Waals surface area contributed by atoms with Gasteiger partial charge in [-0.2, -0.15) is 15.4 Å². The van der Waals surface area contributed by atoms with Gasteiger partial charge >= 0.3 is 0 Å².